The van der Waals surface area contributed by atoms with Crippen molar-refractivity contribution in [1.29, 1.82) is 0 Å². The Kier molecular flexibility index (Phi) is 10.3. The molecule has 0 aromatic heterocycles. The van der Waals surface area contributed by atoms with Gasteiger partial charge in [0.25, 0.3) is 0 Å². The number of carbonyl (C=O) groups excluding carboxylic acids is 4. The van der Waals surface area contributed by atoms with Gasteiger partial charge in [-0.15, -0.1) is 12.6 Å². The van der Waals surface area contributed by atoms with Crippen molar-refractivity contribution in [2.75, 3.05) is 0 Å². The molecule has 0 N–H and O–H groups in total. The Bertz CT molecular complexity index is 672. The monoisotopic (exact) mass is 460 g/mol. The van der Waals surface area contributed by atoms with Gasteiger partial charge in [0.15, 0.2) is 5.12 Å². The van der Waals surface area contributed by atoms with Crippen LogP contribution in [0.15, 0.2) is 0 Å². The van der Waals surface area contributed by atoms with Crippen molar-refractivity contribution in [1.82, 2.24) is 0 Å². The van der Waals surface area contributed by atoms with Gasteiger partial charge in [0, 0.05) is 18.3 Å². The van der Waals surface area contributed by atoms with E-state index in [1.807, 2.05) is 13.8 Å². The van der Waals surface area contributed by atoms with Crippen LogP contribution in [-0.2, 0) is 33.4 Å². The number of ether oxygens (including phenoxy) is 3. The summed E-state index contributed by atoms with van der Waals surface area (Å²) in [5, 5.41) is -0.291. The Morgan fingerprint density at radius 2 is 1.29 bits per heavy atom. The Balaban J connectivity index is 5.08. The molecule has 0 aromatic rings. The zero-order valence-electron chi connectivity index (χ0n) is 20.7. The molecule has 1 unspecified atom stereocenters. The largest absolute Gasteiger partial charge is 0.460 e. The maximum Gasteiger partial charge on any atom is 0.313 e. The van der Waals surface area contributed by atoms with Gasteiger partial charge in [-0.3, -0.25) is 19.2 Å². The van der Waals surface area contributed by atoms with Crippen LogP contribution < -0.4 is 0 Å². The number of hydrogen-bond acceptors (Lipinski definition) is 7. The van der Waals surface area contributed by atoms with E-state index in [-0.39, 0.29) is 30.3 Å². The zero-order chi connectivity index (χ0) is 24.8. The molecule has 31 heavy (non-hydrogen) atoms. The molecule has 7 nitrogen and oxygen atoms in total. The molecule has 0 aliphatic rings. The summed E-state index contributed by atoms with van der Waals surface area (Å²) < 4.78 is 16.7. The van der Waals surface area contributed by atoms with E-state index in [2.05, 4.69) is 12.6 Å². The number of hydrogen-bond donors (Lipinski definition) is 1. The molecule has 180 valence electrons. The molecule has 0 aliphatic heterocycles. The average molecular weight is 461 g/mol. The van der Waals surface area contributed by atoms with Gasteiger partial charge in [-0.1, -0.05) is 13.8 Å². The van der Waals surface area contributed by atoms with E-state index in [1.165, 1.54) is 0 Å². The second-order valence-electron chi connectivity index (χ2n) is 10.6. The molecular weight excluding hydrogens is 420 g/mol. The predicted octanol–water partition coefficient (Wildman–Crippen LogP) is 4.65. The van der Waals surface area contributed by atoms with Crippen molar-refractivity contribution < 1.29 is 33.4 Å². The number of esters is 3. The highest BCUT2D eigenvalue weighted by Crippen LogP contribution is 2.39. The molecule has 0 aliphatic carbocycles. The quantitative estimate of drug-likeness (QED) is 0.272. The van der Waals surface area contributed by atoms with E-state index in [4.69, 9.17) is 14.2 Å². The molecule has 0 heterocycles. The molecule has 0 rings (SSSR count). The second kappa shape index (κ2) is 10.8. The third-order valence-corrected chi connectivity index (χ3v) is 5.76. The molecule has 0 saturated carbocycles. The summed E-state index contributed by atoms with van der Waals surface area (Å²) in [6.45, 7) is 17.5. The van der Waals surface area contributed by atoms with E-state index in [9.17, 15) is 19.2 Å². The van der Waals surface area contributed by atoms with Crippen LogP contribution in [0.1, 0.15) is 94.9 Å². The van der Waals surface area contributed by atoms with E-state index in [1.54, 1.807) is 55.4 Å². The lowest BCUT2D eigenvalue weighted by Crippen LogP contribution is -2.48. The minimum Gasteiger partial charge on any atom is -0.460 e. The van der Waals surface area contributed by atoms with Gasteiger partial charge in [0.1, 0.15) is 16.8 Å². The van der Waals surface area contributed by atoms with Crippen LogP contribution in [0.4, 0.5) is 0 Å². The molecule has 1 atom stereocenters. The standard InChI is InChI=1S/C23H40O7S/c1-15(22(7,8)29-16(24)12-11-13-18(26)31)19(27)30-23(9,10)21(5,6)14-17(25)28-20(2,3)4/h15H,11-14H2,1-10H3,(H,26,31). The van der Waals surface area contributed by atoms with Crippen molar-refractivity contribution in [2.45, 2.75) is 112 Å². The summed E-state index contributed by atoms with van der Waals surface area (Å²) in [6, 6.07) is 0. The van der Waals surface area contributed by atoms with Crippen LogP contribution in [0.25, 0.3) is 0 Å². The first-order valence-corrected chi connectivity index (χ1v) is 11.0. The highest BCUT2D eigenvalue weighted by atomic mass is 32.1. The molecule has 8 heteroatoms. The van der Waals surface area contributed by atoms with Crippen LogP contribution in [-0.4, -0.2) is 39.8 Å². The highest BCUT2D eigenvalue weighted by Gasteiger charge is 2.45. The lowest BCUT2D eigenvalue weighted by atomic mass is 9.74. The Morgan fingerprint density at radius 3 is 1.74 bits per heavy atom. The van der Waals surface area contributed by atoms with E-state index >= 15 is 0 Å². The fourth-order valence-corrected chi connectivity index (χ4v) is 2.69. The van der Waals surface area contributed by atoms with Crippen LogP contribution in [0.3, 0.4) is 0 Å². The second-order valence-corrected chi connectivity index (χ2v) is 11.1. The molecule has 0 spiro atoms. The summed E-state index contributed by atoms with van der Waals surface area (Å²) in [6.07, 6.45) is 0.645. The molecule has 0 amide bonds. The van der Waals surface area contributed by atoms with Gasteiger partial charge in [-0.2, -0.15) is 0 Å². The van der Waals surface area contributed by atoms with Crippen LogP contribution in [0.5, 0.6) is 0 Å². The van der Waals surface area contributed by atoms with Gasteiger partial charge >= 0.3 is 17.9 Å². The fraction of sp³-hybridized carbons (Fsp3) is 0.826. The number of thiol groups is 1. The van der Waals surface area contributed by atoms with Gasteiger partial charge in [-0.25, -0.2) is 0 Å². The number of rotatable bonds is 11. The molecule has 0 bridgehead atoms. The van der Waals surface area contributed by atoms with Gasteiger partial charge in [0.05, 0.1) is 12.3 Å². The normalized spacial score (nSPS) is 13.9. The van der Waals surface area contributed by atoms with Crippen molar-refractivity contribution in [3.8, 4) is 0 Å². The van der Waals surface area contributed by atoms with Crippen molar-refractivity contribution >= 4 is 35.7 Å². The topological polar surface area (TPSA) is 96.0 Å². The maximum absolute atomic E-state index is 12.9. The van der Waals surface area contributed by atoms with E-state index in [0.717, 1.165) is 0 Å². The Morgan fingerprint density at radius 1 is 0.774 bits per heavy atom. The summed E-state index contributed by atoms with van der Waals surface area (Å²) in [5.41, 5.74) is -3.39. The van der Waals surface area contributed by atoms with Crippen LogP contribution >= 0.6 is 12.6 Å². The lowest BCUT2D eigenvalue weighted by molar-refractivity contribution is -0.190. The van der Waals surface area contributed by atoms with Crippen LogP contribution in [0, 0.1) is 11.3 Å². The third kappa shape index (κ3) is 10.5. The van der Waals surface area contributed by atoms with Crippen LogP contribution in [0.2, 0.25) is 0 Å². The summed E-state index contributed by atoms with van der Waals surface area (Å²) in [5.74, 6) is -2.16. The first-order chi connectivity index (χ1) is 13.7. The predicted molar refractivity (Wildman–Crippen MR) is 122 cm³/mol. The summed E-state index contributed by atoms with van der Waals surface area (Å²) >= 11 is 3.67. The smallest absolute Gasteiger partial charge is 0.313 e. The fourth-order valence-electron chi connectivity index (χ4n) is 2.53. The van der Waals surface area contributed by atoms with Gasteiger partial charge in [0.2, 0.25) is 0 Å². The molecule has 0 aromatic carbocycles. The van der Waals surface area contributed by atoms with E-state index < -0.39 is 40.1 Å². The molecular formula is C23H40O7S. The van der Waals surface area contributed by atoms with Gasteiger partial charge < -0.3 is 14.2 Å². The minimum absolute atomic E-state index is 0.0614. The molecule has 0 radical (unpaired) electrons. The van der Waals surface area contributed by atoms with Crippen molar-refractivity contribution in [3.63, 3.8) is 0 Å². The highest BCUT2D eigenvalue weighted by molar-refractivity contribution is 7.96. The Labute approximate surface area is 192 Å². The SMILES string of the molecule is CC(C(=O)OC(C)(C)C(C)(C)CC(=O)OC(C)(C)C)C(C)(C)OC(=O)CCCC(=O)S. The Hall–Kier alpha value is -1.57. The zero-order valence-corrected chi connectivity index (χ0v) is 21.6. The van der Waals surface area contributed by atoms with Crippen molar-refractivity contribution in [3.05, 3.63) is 0 Å². The maximum atomic E-state index is 12.9. The number of carbonyl (C=O) groups is 4. The third-order valence-electron chi connectivity index (χ3n) is 5.54. The summed E-state index contributed by atoms with van der Waals surface area (Å²) in [4.78, 5) is 48.1. The van der Waals surface area contributed by atoms with Crippen molar-refractivity contribution in [2.24, 2.45) is 11.3 Å². The van der Waals surface area contributed by atoms with E-state index in [0.29, 0.717) is 6.42 Å². The summed E-state index contributed by atoms with van der Waals surface area (Å²) in [7, 11) is 0. The molecule has 0 saturated heterocycles. The minimum atomic E-state index is -1.11. The first-order valence-electron chi connectivity index (χ1n) is 10.6. The average Bonchev–Trinajstić information content (AvgIpc) is 2.49. The van der Waals surface area contributed by atoms with Gasteiger partial charge in [-0.05, 0) is 61.8 Å². The first kappa shape index (κ1) is 29.4. The molecule has 0 fully saturated rings. The lowest BCUT2D eigenvalue weighted by Gasteiger charge is -2.42.